The molecule has 14 heavy (non-hydrogen) atoms. The Kier molecular flexibility index (Phi) is 3.07. The van der Waals surface area contributed by atoms with Crippen LogP contribution in [0.1, 0.15) is 19.3 Å². The van der Waals surface area contributed by atoms with Crippen molar-refractivity contribution in [1.29, 1.82) is 0 Å². The van der Waals surface area contributed by atoms with Gasteiger partial charge >= 0.3 is 0 Å². The minimum atomic E-state index is -0.614. The summed E-state index contributed by atoms with van der Waals surface area (Å²) in [5.41, 5.74) is 0.148. The Hall–Kier alpha value is -0.160. The molecule has 4 nitrogen and oxygen atoms in total. The van der Waals surface area contributed by atoms with Gasteiger partial charge in [-0.2, -0.15) is 0 Å². The fourth-order valence-corrected chi connectivity index (χ4v) is 2.46. The highest BCUT2D eigenvalue weighted by Gasteiger charge is 2.38. The van der Waals surface area contributed by atoms with E-state index in [9.17, 15) is 10.2 Å². The molecule has 2 aliphatic heterocycles. The molecule has 1 spiro atoms. The molecule has 0 saturated carbocycles. The molecule has 0 radical (unpaired) electrons. The Balaban J connectivity index is 2.03. The lowest BCUT2D eigenvalue weighted by Crippen LogP contribution is -2.38. The first-order valence-electron chi connectivity index (χ1n) is 5.36. The Morgan fingerprint density at radius 3 is 2.57 bits per heavy atom. The average molecular weight is 201 g/mol. The number of rotatable bonds is 0. The van der Waals surface area contributed by atoms with E-state index in [1.165, 1.54) is 0 Å². The summed E-state index contributed by atoms with van der Waals surface area (Å²) < 4.78 is 5.33. The highest BCUT2D eigenvalue weighted by Crippen LogP contribution is 2.36. The van der Waals surface area contributed by atoms with Crippen LogP contribution in [0.2, 0.25) is 0 Å². The van der Waals surface area contributed by atoms with Crippen molar-refractivity contribution < 1.29 is 14.9 Å². The third-order valence-electron chi connectivity index (χ3n) is 3.49. The summed E-state index contributed by atoms with van der Waals surface area (Å²) in [5.74, 6) is 0. The van der Waals surface area contributed by atoms with Crippen LogP contribution >= 0.6 is 0 Å². The zero-order chi connectivity index (χ0) is 10.0. The van der Waals surface area contributed by atoms with Gasteiger partial charge in [0.2, 0.25) is 0 Å². The van der Waals surface area contributed by atoms with E-state index in [4.69, 9.17) is 4.74 Å². The molecule has 0 amide bonds. The summed E-state index contributed by atoms with van der Waals surface area (Å²) in [6, 6.07) is 0. The molecule has 0 bridgehead atoms. The van der Waals surface area contributed by atoms with Gasteiger partial charge < -0.3 is 20.3 Å². The topological polar surface area (TPSA) is 61.7 Å². The van der Waals surface area contributed by atoms with Crippen LogP contribution < -0.4 is 5.32 Å². The van der Waals surface area contributed by atoms with Crippen molar-refractivity contribution in [1.82, 2.24) is 5.32 Å². The molecule has 2 atom stereocenters. The second-order valence-corrected chi connectivity index (χ2v) is 4.58. The van der Waals surface area contributed by atoms with Gasteiger partial charge in [0, 0.05) is 26.3 Å². The van der Waals surface area contributed by atoms with Crippen LogP contribution in [0.4, 0.5) is 0 Å². The summed E-state index contributed by atoms with van der Waals surface area (Å²) in [5, 5.41) is 22.5. The van der Waals surface area contributed by atoms with E-state index in [2.05, 4.69) is 5.32 Å². The second kappa shape index (κ2) is 4.14. The van der Waals surface area contributed by atoms with Crippen molar-refractivity contribution >= 4 is 0 Å². The summed E-state index contributed by atoms with van der Waals surface area (Å²) in [6.07, 6.45) is 1.48. The van der Waals surface area contributed by atoms with Gasteiger partial charge in [0.05, 0.1) is 12.2 Å². The van der Waals surface area contributed by atoms with E-state index >= 15 is 0 Å². The van der Waals surface area contributed by atoms with Gasteiger partial charge in [-0.15, -0.1) is 0 Å². The summed E-state index contributed by atoms with van der Waals surface area (Å²) in [7, 11) is 0. The molecule has 3 N–H and O–H groups in total. The third kappa shape index (κ3) is 2.08. The molecule has 82 valence electrons. The summed E-state index contributed by atoms with van der Waals surface area (Å²) in [4.78, 5) is 0. The van der Waals surface area contributed by atoms with Crippen LogP contribution in [0.15, 0.2) is 0 Å². The first-order valence-corrected chi connectivity index (χ1v) is 5.36. The van der Waals surface area contributed by atoms with Crippen molar-refractivity contribution in [2.45, 2.75) is 31.5 Å². The predicted molar refractivity (Wildman–Crippen MR) is 52.0 cm³/mol. The normalized spacial score (nSPS) is 38.1. The Morgan fingerprint density at radius 2 is 1.86 bits per heavy atom. The molecule has 2 saturated heterocycles. The number of aliphatic hydroxyl groups excluding tert-OH is 2. The van der Waals surface area contributed by atoms with E-state index in [0.29, 0.717) is 13.0 Å². The van der Waals surface area contributed by atoms with Gasteiger partial charge in [0.15, 0.2) is 0 Å². The molecular formula is C10H19NO3. The maximum absolute atomic E-state index is 9.74. The maximum Gasteiger partial charge on any atom is 0.0923 e. The zero-order valence-corrected chi connectivity index (χ0v) is 8.41. The van der Waals surface area contributed by atoms with Gasteiger partial charge in [-0.05, 0) is 24.7 Å². The van der Waals surface area contributed by atoms with Gasteiger partial charge in [0.25, 0.3) is 0 Å². The molecule has 4 heteroatoms. The first-order chi connectivity index (χ1) is 6.72. The van der Waals surface area contributed by atoms with Crippen molar-refractivity contribution in [2.75, 3.05) is 26.3 Å². The number of aliphatic hydroxyl groups is 2. The Labute approximate surface area is 84.3 Å². The molecular weight excluding hydrogens is 182 g/mol. The van der Waals surface area contributed by atoms with Gasteiger partial charge in [0.1, 0.15) is 0 Å². The lowest BCUT2D eigenvalue weighted by atomic mass is 9.76. The van der Waals surface area contributed by atoms with Crippen molar-refractivity contribution in [3.63, 3.8) is 0 Å². The number of hydrogen-bond donors (Lipinski definition) is 3. The second-order valence-electron chi connectivity index (χ2n) is 4.58. The number of nitrogens with one attached hydrogen (secondary N) is 1. The van der Waals surface area contributed by atoms with Crippen LogP contribution in [-0.2, 0) is 4.74 Å². The molecule has 0 aromatic carbocycles. The van der Waals surface area contributed by atoms with Crippen LogP contribution in [0.5, 0.6) is 0 Å². The Bertz CT molecular complexity index is 192. The Morgan fingerprint density at radius 1 is 1.14 bits per heavy atom. The number of ether oxygens (including phenoxy) is 1. The van der Waals surface area contributed by atoms with Crippen molar-refractivity contribution in [3.05, 3.63) is 0 Å². The zero-order valence-electron chi connectivity index (χ0n) is 8.41. The van der Waals surface area contributed by atoms with Crippen LogP contribution in [0.25, 0.3) is 0 Å². The molecule has 2 heterocycles. The third-order valence-corrected chi connectivity index (χ3v) is 3.49. The monoisotopic (exact) mass is 201 g/mol. The number of hydrogen-bond acceptors (Lipinski definition) is 4. The lowest BCUT2D eigenvalue weighted by molar-refractivity contribution is -0.0307. The standard InChI is InChI=1S/C10H19NO3/c12-8-5-10(1-3-14-4-2-10)7-11-6-9(8)13/h8-9,11-13H,1-7H2/t8-,9+/m0/s1. The summed E-state index contributed by atoms with van der Waals surface area (Å²) >= 11 is 0. The molecule has 0 aromatic rings. The summed E-state index contributed by atoms with van der Waals surface area (Å²) in [6.45, 7) is 2.96. The molecule has 2 aliphatic rings. The largest absolute Gasteiger partial charge is 0.390 e. The smallest absolute Gasteiger partial charge is 0.0923 e. The SMILES string of the molecule is O[C@@H]1CNCC2(CCOCC2)C[C@@H]1O. The van der Waals surface area contributed by atoms with Crippen molar-refractivity contribution in [3.8, 4) is 0 Å². The average Bonchev–Trinajstić information content (AvgIpc) is 2.30. The molecule has 2 rings (SSSR count). The minimum absolute atomic E-state index is 0.148. The van der Waals surface area contributed by atoms with Gasteiger partial charge in [-0.25, -0.2) is 0 Å². The van der Waals surface area contributed by atoms with E-state index < -0.39 is 12.2 Å². The molecule has 2 fully saturated rings. The molecule has 0 unspecified atom stereocenters. The van der Waals surface area contributed by atoms with Crippen LogP contribution in [0.3, 0.4) is 0 Å². The van der Waals surface area contributed by atoms with Gasteiger partial charge in [-0.1, -0.05) is 0 Å². The quantitative estimate of drug-likeness (QED) is 0.494. The van der Waals surface area contributed by atoms with Crippen molar-refractivity contribution in [2.24, 2.45) is 5.41 Å². The van der Waals surface area contributed by atoms with Crippen LogP contribution in [-0.4, -0.2) is 48.7 Å². The molecule has 0 aromatic heterocycles. The lowest BCUT2D eigenvalue weighted by Gasteiger charge is -2.37. The fraction of sp³-hybridized carbons (Fsp3) is 1.00. The highest BCUT2D eigenvalue weighted by atomic mass is 16.5. The predicted octanol–water partition coefficient (Wildman–Crippen LogP) is -0.502. The fourth-order valence-electron chi connectivity index (χ4n) is 2.46. The van der Waals surface area contributed by atoms with Gasteiger partial charge in [-0.3, -0.25) is 0 Å². The van der Waals surface area contributed by atoms with E-state index in [1.807, 2.05) is 0 Å². The van der Waals surface area contributed by atoms with Crippen LogP contribution in [0, 0.1) is 5.41 Å². The first kappa shape index (κ1) is 10.4. The van der Waals surface area contributed by atoms with E-state index in [-0.39, 0.29) is 5.41 Å². The minimum Gasteiger partial charge on any atom is -0.390 e. The van der Waals surface area contributed by atoms with E-state index in [1.54, 1.807) is 0 Å². The maximum atomic E-state index is 9.74. The highest BCUT2D eigenvalue weighted by molar-refractivity contribution is 4.91. The molecule has 0 aliphatic carbocycles. The number of β-amino-alcohol motifs (C(OH)–C–C–N with tert-alkyl or cyclic N) is 1. The van der Waals surface area contributed by atoms with E-state index in [0.717, 1.165) is 32.6 Å².